The molecule has 1 unspecified atom stereocenters. The molecule has 51 heavy (non-hydrogen) atoms. The van der Waals surface area contributed by atoms with Gasteiger partial charge in [0, 0.05) is 12.1 Å². The van der Waals surface area contributed by atoms with Crippen molar-refractivity contribution < 1.29 is 51.0 Å². The van der Waals surface area contributed by atoms with Crippen molar-refractivity contribution >= 4 is 18.1 Å². The van der Waals surface area contributed by atoms with Gasteiger partial charge in [-0.05, 0) is 103 Å². The van der Waals surface area contributed by atoms with E-state index >= 15 is 0 Å². The number of guanidine groups is 1. The average Bonchev–Trinajstić information content (AvgIpc) is 3.71. The van der Waals surface area contributed by atoms with E-state index in [4.69, 9.17) is 28.2 Å². The molecule has 5 rings (SSSR count). The second-order valence-electron chi connectivity index (χ2n) is 14.0. The van der Waals surface area contributed by atoms with E-state index in [1.807, 2.05) is 18.2 Å². The second kappa shape index (κ2) is 15.1. The average molecular weight is 718 g/mol. The highest BCUT2D eigenvalue weighted by Gasteiger charge is 2.37. The second-order valence-corrected chi connectivity index (χ2v) is 14.0. The Labute approximate surface area is 293 Å². The molecule has 276 valence electrons. The Morgan fingerprint density at radius 2 is 1.71 bits per heavy atom. The molecular formula is C35H42F3N5O8. The van der Waals surface area contributed by atoms with Gasteiger partial charge in [0.15, 0.2) is 11.5 Å². The van der Waals surface area contributed by atoms with Crippen LogP contribution in [-0.2, 0) is 22.1 Å². The third-order valence-corrected chi connectivity index (χ3v) is 7.47. The largest absolute Gasteiger partial charge is 0.493 e. The third kappa shape index (κ3) is 10.3. The summed E-state index contributed by atoms with van der Waals surface area (Å²) in [5.41, 5.74) is -1.67. The van der Waals surface area contributed by atoms with Gasteiger partial charge in [-0.15, -0.1) is 4.99 Å². The Kier molecular flexibility index (Phi) is 11.0. The molecule has 2 aliphatic rings. The maximum atomic E-state index is 14.2. The van der Waals surface area contributed by atoms with Crippen LogP contribution >= 0.6 is 0 Å². The molecule has 13 nitrogen and oxygen atoms in total. The number of rotatable bonds is 7. The van der Waals surface area contributed by atoms with Crippen molar-refractivity contribution in [3.05, 3.63) is 53.4 Å². The van der Waals surface area contributed by atoms with Crippen LogP contribution in [0.4, 0.5) is 22.8 Å². The van der Waals surface area contributed by atoms with E-state index in [2.05, 4.69) is 20.4 Å². The number of hydrogen-bond donors (Lipinski definition) is 1. The number of aromatic nitrogens is 2. The fraction of sp³-hybridized carbons (Fsp3) is 0.514. The number of carbonyl (C=O) groups is 2. The Morgan fingerprint density at radius 1 is 0.980 bits per heavy atom. The molecule has 1 fully saturated rings. The number of nitrogens with one attached hydrogen (secondary N) is 1. The van der Waals surface area contributed by atoms with E-state index in [0.717, 1.165) is 11.6 Å². The first-order chi connectivity index (χ1) is 23.9. The first-order valence-electron chi connectivity index (χ1n) is 16.6. The summed E-state index contributed by atoms with van der Waals surface area (Å²) in [6.07, 6.45) is -4.45. The fourth-order valence-electron chi connectivity index (χ4n) is 5.41. The molecule has 0 aliphatic carbocycles. The molecular weight excluding hydrogens is 675 g/mol. The van der Waals surface area contributed by atoms with Crippen molar-refractivity contribution in [1.29, 1.82) is 0 Å². The van der Waals surface area contributed by atoms with E-state index < -0.39 is 41.2 Å². The molecule has 0 spiro atoms. The van der Waals surface area contributed by atoms with Crippen LogP contribution in [0.3, 0.4) is 0 Å². The number of alkyl carbamates (subject to hydrolysis) is 1. The predicted molar refractivity (Wildman–Crippen MR) is 178 cm³/mol. The highest BCUT2D eigenvalue weighted by molar-refractivity contribution is 5.99. The van der Waals surface area contributed by atoms with Crippen LogP contribution in [0.5, 0.6) is 17.2 Å². The van der Waals surface area contributed by atoms with Gasteiger partial charge in [0.1, 0.15) is 36.2 Å². The van der Waals surface area contributed by atoms with Crippen LogP contribution in [0.25, 0.3) is 11.4 Å². The fourth-order valence-corrected chi connectivity index (χ4v) is 5.41. The van der Waals surface area contributed by atoms with Crippen molar-refractivity contribution in [3.63, 3.8) is 0 Å². The lowest BCUT2D eigenvalue weighted by Crippen LogP contribution is -2.46. The Hall–Kier alpha value is -5.02. The Bertz CT molecular complexity index is 1750. The Balaban J connectivity index is 1.30. The Morgan fingerprint density at radius 3 is 2.41 bits per heavy atom. The van der Waals surface area contributed by atoms with Crippen LogP contribution in [0.15, 0.2) is 45.9 Å². The van der Waals surface area contributed by atoms with Crippen LogP contribution in [0.1, 0.15) is 83.9 Å². The number of carbonyl (C=O) groups excluding carboxylic acids is 2. The number of aliphatic imine (C=N–C) groups is 1. The zero-order valence-corrected chi connectivity index (χ0v) is 29.4. The normalized spacial score (nSPS) is 16.5. The summed E-state index contributed by atoms with van der Waals surface area (Å²) in [5.74, 6) is 0.798. The monoisotopic (exact) mass is 717 g/mol. The number of hydrogen-bond acceptors (Lipinski definition) is 10. The van der Waals surface area contributed by atoms with Crippen molar-refractivity contribution in [3.8, 4) is 28.6 Å². The van der Waals surface area contributed by atoms with Crippen molar-refractivity contribution in [2.45, 2.75) is 90.6 Å². The minimum Gasteiger partial charge on any atom is -0.493 e. The molecule has 1 saturated heterocycles. The van der Waals surface area contributed by atoms with E-state index in [-0.39, 0.29) is 35.6 Å². The summed E-state index contributed by atoms with van der Waals surface area (Å²) in [4.78, 5) is 35.4. The maximum Gasteiger partial charge on any atom is 0.437 e. The van der Waals surface area contributed by atoms with Gasteiger partial charge in [0.05, 0.1) is 12.2 Å². The summed E-state index contributed by atoms with van der Waals surface area (Å²) in [6, 6.07) is 8.47. The smallest absolute Gasteiger partial charge is 0.437 e. The van der Waals surface area contributed by atoms with E-state index in [9.17, 15) is 22.8 Å². The molecule has 2 amide bonds. The quantitative estimate of drug-likeness (QED) is 0.147. The molecule has 1 atom stereocenters. The number of benzene rings is 2. The molecule has 2 aromatic carbocycles. The van der Waals surface area contributed by atoms with E-state index in [1.165, 1.54) is 12.1 Å². The lowest BCUT2D eigenvalue weighted by Gasteiger charge is -2.27. The standard InChI is InChI=1S/C35H42F3N5O8/c1-33(2,3)49-31(44)40-30(41-32(45)50-34(4,5)6)43-15-7-10-24(43)29-39-28(42-51-29)22-12-14-25(23(20-22)35(36,37)38)46-16-8-9-21-11-13-26-27(19-21)48-18-17-47-26/h11-14,19-20,24H,7-10,15-18H2,1-6H3,(H,40,41,44,45). The SMILES string of the molecule is CC(C)(C)OC(=O)N=C(NC(=O)OC(C)(C)C)N1CCCC1c1nc(-c2ccc(OCCCc3ccc4c(c3)OCCO4)c(C(F)(F)F)c2)no1. The molecule has 0 radical (unpaired) electrons. The zero-order chi connectivity index (χ0) is 37.0. The number of aryl methyl sites for hydroxylation is 1. The maximum absolute atomic E-state index is 14.2. The van der Waals surface area contributed by atoms with Gasteiger partial charge in [0.25, 0.3) is 0 Å². The topological polar surface area (TPSA) is 147 Å². The first-order valence-corrected chi connectivity index (χ1v) is 16.6. The number of alkyl halides is 3. The molecule has 2 aliphatic heterocycles. The number of fused-ring (bicyclic) bond motifs is 1. The van der Waals surface area contributed by atoms with Crippen molar-refractivity contribution in [2.24, 2.45) is 4.99 Å². The van der Waals surface area contributed by atoms with Gasteiger partial charge >= 0.3 is 18.4 Å². The van der Waals surface area contributed by atoms with Gasteiger partial charge < -0.3 is 33.1 Å². The highest BCUT2D eigenvalue weighted by atomic mass is 19.4. The molecule has 3 heterocycles. The molecule has 3 aromatic rings. The molecule has 1 N–H and O–H groups in total. The van der Waals surface area contributed by atoms with Gasteiger partial charge in [0.2, 0.25) is 17.7 Å². The number of nitrogens with zero attached hydrogens (tertiary/aromatic N) is 4. The van der Waals surface area contributed by atoms with Crippen molar-refractivity contribution in [2.75, 3.05) is 26.4 Å². The molecule has 0 saturated carbocycles. The van der Waals surface area contributed by atoms with E-state index in [1.54, 1.807) is 46.4 Å². The summed E-state index contributed by atoms with van der Waals surface area (Å²) in [7, 11) is 0. The summed E-state index contributed by atoms with van der Waals surface area (Å²) < 4.78 is 75.6. The molecule has 0 bridgehead atoms. The first kappa shape index (κ1) is 37.2. The minimum atomic E-state index is -4.73. The predicted octanol–water partition coefficient (Wildman–Crippen LogP) is 7.49. The summed E-state index contributed by atoms with van der Waals surface area (Å²) in [5, 5.41) is 6.47. The number of halogens is 3. The van der Waals surface area contributed by atoms with Crippen LogP contribution in [0.2, 0.25) is 0 Å². The lowest BCUT2D eigenvalue weighted by atomic mass is 10.1. The lowest BCUT2D eigenvalue weighted by molar-refractivity contribution is -0.138. The highest BCUT2D eigenvalue weighted by Crippen LogP contribution is 2.39. The van der Waals surface area contributed by atoms with Gasteiger partial charge in [-0.3, -0.25) is 5.32 Å². The molecule has 16 heteroatoms. The minimum absolute atomic E-state index is 0.0469. The number of ether oxygens (including phenoxy) is 5. The summed E-state index contributed by atoms with van der Waals surface area (Å²) >= 11 is 0. The van der Waals surface area contributed by atoms with Crippen LogP contribution < -0.4 is 19.5 Å². The number of likely N-dealkylation sites (tertiary alicyclic amines) is 1. The van der Waals surface area contributed by atoms with Gasteiger partial charge in [-0.25, -0.2) is 9.59 Å². The molecule has 1 aromatic heterocycles. The van der Waals surface area contributed by atoms with E-state index in [0.29, 0.717) is 56.9 Å². The number of amides is 2. The summed E-state index contributed by atoms with van der Waals surface area (Å²) in [6.45, 7) is 11.4. The zero-order valence-electron chi connectivity index (χ0n) is 29.4. The van der Waals surface area contributed by atoms with Crippen molar-refractivity contribution in [1.82, 2.24) is 20.4 Å². The van der Waals surface area contributed by atoms with Gasteiger partial charge in [-0.2, -0.15) is 18.2 Å². The third-order valence-electron chi connectivity index (χ3n) is 7.47. The van der Waals surface area contributed by atoms with Crippen LogP contribution in [0, 0.1) is 0 Å². The van der Waals surface area contributed by atoms with Crippen LogP contribution in [-0.4, -0.2) is 70.8 Å². The van der Waals surface area contributed by atoms with Gasteiger partial charge in [-0.1, -0.05) is 11.2 Å².